The second-order valence-corrected chi connectivity index (χ2v) is 5.75. The summed E-state index contributed by atoms with van der Waals surface area (Å²) in [6, 6.07) is 12.9. The molecule has 108 valence electrons. The van der Waals surface area contributed by atoms with Gasteiger partial charge in [-0.3, -0.25) is 10.1 Å². The Hall–Kier alpha value is -2.21. The number of nitro benzene ring substituents is 1. The van der Waals surface area contributed by atoms with Gasteiger partial charge in [0.25, 0.3) is 5.69 Å². The van der Waals surface area contributed by atoms with Crippen molar-refractivity contribution in [2.24, 2.45) is 0 Å². The molecule has 1 N–H and O–H groups in total. The van der Waals surface area contributed by atoms with E-state index in [1.807, 2.05) is 12.1 Å². The minimum Gasteiger partial charge on any atom is -0.495 e. The molecule has 0 saturated heterocycles. The van der Waals surface area contributed by atoms with Crippen LogP contribution in [0.3, 0.4) is 0 Å². The molecule has 0 aromatic heterocycles. The molecule has 0 radical (unpaired) electrons. The number of anilines is 1. The summed E-state index contributed by atoms with van der Waals surface area (Å²) in [5, 5.41) is 14.3. The van der Waals surface area contributed by atoms with Gasteiger partial charge in [0, 0.05) is 22.8 Å². The molecule has 5 nitrogen and oxygen atoms in total. The molecule has 1 aliphatic heterocycles. The minimum absolute atomic E-state index is 0.0530. The maximum atomic E-state index is 10.9. The number of rotatable bonds is 4. The molecule has 1 atom stereocenters. The third-order valence-corrected chi connectivity index (χ3v) is 4.61. The fraction of sp³-hybridized carbons (Fsp3) is 0.200. The summed E-state index contributed by atoms with van der Waals surface area (Å²) in [5.74, 6) is 1.50. The van der Waals surface area contributed by atoms with Crippen molar-refractivity contribution in [2.75, 3.05) is 18.2 Å². The number of hydrogen-bond donors (Lipinski definition) is 1. The van der Waals surface area contributed by atoms with E-state index < -0.39 is 4.92 Å². The summed E-state index contributed by atoms with van der Waals surface area (Å²) in [6.07, 6.45) is 0. The average Bonchev–Trinajstić information content (AvgIpc) is 2.90. The molecule has 1 heterocycles. The second-order valence-electron chi connectivity index (χ2n) is 4.69. The average molecular weight is 302 g/mol. The highest BCUT2D eigenvalue weighted by Gasteiger charge is 2.24. The van der Waals surface area contributed by atoms with E-state index in [1.54, 1.807) is 24.9 Å². The van der Waals surface area contributed by atoms with Crippen molar-refractivity contribution in [1.29, 1.82) is 0 Å². The smallest absolute Gasteiger partial charge is 0.271 e. The molecule has 0 bridgehead atoms. The molecule has 0 fully saturated rings. The number of fused-ring (bicyclic) bond motifs is 1. The van der Waals surface area contributed by atoms with Crippen molar-refractivity contribution in [3.05, 3.63) is 58.1 Å². The fourth-order valence-corrected chi connectivity index (χ4v) is 3.55. The molecule has 6 heteroatoms. The minimum atomic E-state index is -0.401. The van der Waals surface area contributed by atoms with Crippen LogP contribution in [-0.2, 0) is 0 Å². The van der Waals surface area contributed by atoms with Gasteiger partial charge in [0.05, 0.1) is 23.8 Å². The first kappa shape index (κ1) is 13.8. The summed E-state index contributed by atoms with van der Waals surface area (Å²) in [6.45, 7) is 0. The fourth-order valence-electron chi connectivity index (χ4n) is 2.39. The van der Waals surface area contributed by atoms with Crippen LogP contribution in [0.15, 0.2) is 47.4 Å². The number of nitrogens with one attached hydrogen (secondary N) is 1. The molecule has 21 heavy (non-hydrogen) atoms. The molecule has 0 saturated carbocycles. The number of methoxy groups -OCH3 is 1. The van der Waals surface area contributed by atoms with Gasteiger partial charge < -0.3 is 10.1 Å². The molecule has 3 rings (SSSR count). The predicted octanol–water partition coefficient (Wildman–Crippen LogP) is 3.86. The van der Waals surface area contributed by atoms with E-state index >= 15 is 0 Å². The van der Waals surface area contributed by atoms with Gasteiger partial charge in [0.15, 0.2) is 0 Å². The third kappa shape index (κ3) is 2.67. The van der Waals surface area contributed by atoms with Crippen molar-refractivity contribution in [3.8, 4) is 5.75 Å². The van der Waals surface area contributed by atoms with Crippen molar-refractivity contribution >= 4 is 23.1 Å². The molecule has 2 aromatic rings. The first-order chi connectivity index (χ1) is 10.2. The molecule has 1 aliphatic rings. The number of benzene rings is 2. The third-order valence-electron chi connectivity index (χ3n) is 3.42. The van der Waals surface area contributed by atoms with Crippen LogP contribution in [0, 0.1) is 10.1 Å². The van der Waals surface area contributed by atoms with Crippen molar-refractivity contribution in [1.82, 2.24) is 0 Å². The molecule has 0 aliphatic carbocycles. The number of nitrogens with zero attached hydrogens (tertiary/aromatic N) is 1. The number of hydrogen-bond acceptors (Lipinski definition) is 5. The van der Waals surface area contributed by atoms with E-state index in [2.05, 4.69) is 17.4 Å². The number of thioether (sulfide) groups is 1. The van der Waals surface area contributed by atoms with E-state index in [4.69, 9.17) is 4.74 Å². The molecule has 0 spiro atoms. The zero-order valence-electron chi connectivity index (χ0n) is 11.4. The van der Waals surface area contributed by atoms with Crippen LogP contribution in [-0.4, -0.2) is 17.8 Å². The molecule has 1 unspecified atom stereocenters. The summed E-state index contributed by atoms with van der Waals surface area (Å²) in [7, 11) is 1.56. The van der Waals surface area contributed by atoms with E-state index in [0.717, 1.165) is 5.75 Å². The Morgan fingerprint density at radius 3 is 2.90 bits per heavy atom. The topological polar surface area (TPSA) is 64.4 Å². The van der Waals surface area contributed by atoms with Gasteiger partial charge in [-0.1, -0.05) is 18.2 Å². The van der Waals surface area contributed by atoms with Crippen LogP contribution in [0.1, 0.15) is 11.6 Å². The molecular formula is C15H14N2O3S. The lowest BCUT2D eigenvalue weighted by Gasteiger charge is -2.17. The number of ether oxygens (including phenoxy) is 1. The summed E-state index contributed by atoms with van der Waals surface area (Å²) < 4.78 is 5.29. The highest BCUT2D eigenvalue weighted by atomic mass is 32.2. The number of nitro groups is 1. The van der Waals surface area contributed by atoms with E-state index in [-0.39, 0.29) is 11.7 Å². The first-order valence-electron chi connectivity index (χ1n) is 6.49. The Morgan fingerprint density at radius 1 is 1.33 bits per heavy atom. The second kappa shape index (κ2) is 5.65. The lowest BCUT2D eigenvalue weighted by Crippen LogP contribution is -2.10. The standard InChI is InChI=1S/C15H14N2O3S/c1-20-14-7-6-10(17(18)19)8-12(14)16-13-9-21-15-5-3-2-4-11(13)15/h2-8,13,16H,9H2,1H3. The monoisotopic (exact) mass is 302 g/mol. The Bertz CT molecular complexity index is 690. The van der Waals surface area contributed by atoms with Gasteiger partial charge in [-0.05, 0) is 17.7 Å². The highest BCUT2D eigenvalue weighted by Crippen LogP contribution is 2.41. The lowest BCUT2D eigenvalue weighted by molar-refractivity contribution is -0.384. The predicted molar refractivity (Wildman–Crippen MR) is 83.2 cm³/mol. The Labute approximate surface area is 126 Å². The SMILES string of the molecule is COc1ccc([N+](=O)[O-])cc1NC1CSc2ccccc21. The van der Waals surface area contributed by atoms with Crippen LogP contribution < -0.4 is 10.1 Å². The van der Waals surface area contributed by atoms with Crippen LogP contribution in [0.5, 0.6) is 5.75 Å². The molecule has 2 aromatic carbocycles. The zero-order valence-corrected chi connectivity index (χ0v) is 12.2. The molecule has 0 amide bonds. The maximum Gasteiger partial charge on any atom is 0.271 e. The van der Waals surface area contributed by atoms with Crippen LogP contribution in [0.25, 0.3) is 0 Å². The first-order valence-corrected chi connectivity index (χ1v) is 7.48. The quantitative estimate of drug-likeness (QED) is 0.686. The van der Waals surface area contributed by atoms with Gasteiger partial charge in [-0.15, -0.1) is 11.8 Å². The van der Waals surface area contributed by atoms with Gasteiger partial charge in [0.2, 0.25) is 0 Å². The lowest BCUT2D eigenvalue weighted by atomic mass is 10.1. The van der Waals surface area contributed by atoms with Crippen molar-refractivity contribution in [2.45, 2.75) is 10.9 Å². The van der Waals surface area contributed by atoms with Crippen LogP contribution in [0.4, 0.5) is 11.4 Å². The summed E-state index contributed by atoms with van der Waals surface area (Å²) >= 11 is 1.78. The van der Waals surface area contributed by atoms with E-state index in [0.29, 0.717) is 11.4 Å². The largest absolute Gasteiger partial charge is 0.495 e. The summed E-state index contributed by atoms with van der Waals surface area (Å²) in [4.78, 5) is 11.8. The Kier molecular flexibility index (Phi) is 3.70. The van der Waals surface area contributed by atoms with E-state index in [1.165, 1.54) is 22.6 Å². The van der Waals surface area contributed by atoms with Gasteiger partial charge in [-0.25, -0.2) is 0 Å². The van der Waals surface area contributed by atoms with Gasteiger partial charge in [-0.2, -0.15) is 0 Å². The van der Waals surface area contributed by atoms with E-state index in [9.17, 15) is 10.1 Å². The van der Waals surface area contributed by atoms with Gasteiger partial charge in [0.1, 0.15) is 5.75 Å². The highest BCUT2D eigenvalue weighted by molar-refractivity contribution is 7.99. The van der Waals surface area contributed by atoms with Gasteiger partial charge >= 0.3 is 0 Å². The van der Waals surface area contributed by atoms with Crippen LogP contribution in [0.2, 0.25) is 0 Å². The Balaban J connectivity index is 1.91. The zero-order chi connectivity index (χ0) is 14.8. The van der Waals surface area contributed by atoms with Crippen molar-refractivity contribution in [3.63, 3.8) is 0 Å². The van der Waals surface area contributed by atoms with Crippen molar-refractivity contribution < 1.29 is 9.66 Å². The number of non-ortho nitro benzene ring substituents is 1. The molecular weight excluding hydrogens is 288 g/mol. The normalized spacial score (nSPS) is 16.3. The maximum absolute atomic E-state index is 10.9. The summed E-state index contributed by atoms with van der Waals surface area (Å²) in [5.41, 5.74) is 1.92. The Morgan fingerprint density at radius 2 is 2.14 bits per heavy atom. The van der Waals surface area contributed by atoms with Crippen LogP contribution >= 0.6 is 11.8 Å².